The summed E-state index contributed by atoms with van der Waals surface area (Å²) in [5.74, 6) is 0.728. The molecular formula is C58H43N3. The molecule has 0 N–H and O–H groups in total. The Kier molecular flexibility index (Phi) is 7.62. The second-order valence-electron chi connectivity index (χ2n) is 17.8. The van der Waals surface area contributed by atoms with E-state index in [1.165, 1.54) is 66.3 Å². The van der Waals surface area contributed by atoms with Gasteiger partial charge in [-0.2, -0.15) is 0 Å². The van der Waals surface area contributed by atoms with Gasteiger partial charge in [-0.25, -0.2) is 9.97 Å². The van der Waals surface area contributed by atoms with Crippen molar-refractivity contribution in [2.24, 2.45) is 0 Å². The minimum absolute atomic E-state index is 0.118. The number of fused-ring (bicyclic) bond motifs is 9. The lowest BCUT2D eigenvalue weighted by molar-refractivity contribution is 0.660. The molecule has 0 saturated carbocycles. The number of rotatable bonds is 5. The van der Waals surface area contributed by atoms with E-state index in [1.807, 2.05) is 0 Å². The van der Waals surface area contributed by atoms with E-state index in [4.69, 9.17) is 9.97 Å². The van der Waals surface area contributed by atoms with Crippen molar-refractivity contribution in [1.82, 2.24) is 14.5 Å². The van der Waals surface area contributed by atoms with Crippen LogP contribution in [0.4, 0.5) is 0 Å². The molecule has 0 radical (unpaired) electrons. The van der Waals surface area contributed by atoms with Crippen molar-refractivity contribution < 1.29 is 0 Å². The fourth-order valence-corrected chi connectivity index (χ4v) is 10.4. The maximum absolute atomic E-state index is 5.39. The molecule has 0 bridgehead atoms. The zero-order valence-electron chi connectivity index (χ0n) is 34.7. The summed E-state index contributed by atoms with van der Waals surface area (Å²) in [6, 6.07) is 68.6. The first kappa shape index (κ1) is 35.6. The maximum Gasteiger partial charge on any atom is 0.160 e. The molecule has 290 valence electrons. The Bertz CT molecular complexity index is 3240. The maximum atomic E-state index is 5.39. The van der Waals surface area contributed by atoms with Crippen molar-refractivity contribution >= 4 is 21.8 Å². The molecule has 2 aliphatic rings. The van der Waals surface area contributed by atoms with Crippen LogP contribution in [0.3, 0.4) is 0 Å². The minimum atomic E-state index is -0.131. The van der Waals surface area contributed by atoms with Crippen LogP contribution in [0.15, 0.2) is 188 Å². The molecule has 8 aromatic carbocycles. The molecule has 2 aliphatic carbocycles. The molecule has 0 saturated heterocycles. The normalized spacial score (nSPS) is 14.2. The predicted octanol–water partition coefficient (Wildman–Crippen LogP) is 14.9. The molecule has 0 spiro atoms. The Morgan fingerprint density at radius 1 is 0.344 bits per heavy atom. The summed E-state index contributed by atoms with van der Waals surface area (Å²) in [7, 11) is 0. The number of hydrogen-bond acceptors (Lipinski definition) is 2. The minimum Gasteiger partial charge on any atom is -0.309 e. The quantitative estimate of drug-likeness (QED) is 0.174. The van der Waals surface area contributed by atoms with E-state index < -0.39 is 0 Å². The Labute approximate surface area is 356 Å². The molecular weight excluding hydrogens is 739 g/mol. The first-order valence-corrected chi connectivity index (χ1v) is 21.3. The van der Waals surface area contributed by atoms with Crippen LogP contribution in [0.2, 0.25) is 0 Å². The lowest BCUT2D eigenvalue weighted by Gasteiger charge is -2.22. The summed E-state index contributed by atoms with van der Waals surface area (Å²) in [5.41, 5.74) is 21.2. The van der Waals surface area contributed by atoms with Gasteiger partial charge in [0.05, 0.1) is 22.4 Å². The lowest BCUT2D eigenvalue weighted by Crippen LogP contribution is -2.15. The van der Waals surface area contributed by atoms with Crippen molar-refractivity contribution in [3.63, 3.8) is 0 Å². The molecule has 0 unspecified atom stereocenters. The average molecular weight is 782 g/mol. The molecule has 3 nitrogen and oxygen atoms in total. The molecule has 61 heavy (non-hydrogen) atoms. The van der Waals surface area contributed by atoms with Crippen molar-refractivity contribution in [3.8, 4) is 73.0 Å². The van der Waals surface area contributed by atoms with Gasteiger partial charge in [0.2, 0.25) is 0 Å². The number of para-hydroxylation sites is 2. The SMILES string of the molecule is CC1(C)c2ccccc2-c2ccc(-c3cc(-c4cccc(-c5ccc(-n6c7ccccc7c7ccccc76)cc5)c4)nc(-c4ccc5c(c4)C(C)(C)c4ccccc4-5)n3)cc21. The predicted molar refractivity (Wildman–Crippen MR) is 253 cm³/mol. The van der Waals surface area contributed by atoms with Gasteiger partial charge in [-0.05, 0) is 104 Å². The zero-order valence-corrected chi connectivity index (χ0v) is 34.7. The molecule has 12 rings (SSSR count). The Morgan fingerprint density at radius 3 is 1.41 bits per heavy atom. The first-order chi connectivity index (χ1) is 29.7. The fourth-order valence-electron chi connectivity index (χ4n) is 10.4. The molecule has 2 heterocycles. The molecule has 2 aromatic heterocycles. The number of hydrogen-bond donors (Lipinski definition) is 0. The summed E-state index contributed by atoms with van der Waals surface area (Å²) in [5, 5.41) is 2.53. The van der Waals surface area contributed by atoms with E-state index in [-0.39, 0.29) is 10.8 Å². The molecule has 0 atom stereocenters. The number of nitrogens with zero attached hydrogens (tertiary/aromatic N) is 3. The Hall–Kier alpha value is -7.36. The number of aromatic nitrogens is 3. The topological polar surface area (TPSA) is 30.7 Å². The van der Waals surface area contributed by atoms with Crippen molar-refractivity contribution in [1.29, 1.82) is 0 Å². The standard InChI is InChI=1S/C58H43N3/c1-57(2)48-20-9-5-16-42(48)44-30-26-39(33-50(44)57)53-35-52(59-56(60-53)40-27-31-45-43-17-6-10-21-49(43)58(3,4)51(45)34-40)38-15-13-14-37(32-38)36-24-28-41(29-25-36)61-54-22-11-7-18-46(54)47-19-8-12-23-55(47)61/h5-35H,1-4H3. The van der Waals surface area contributed by atoms with Crippen molar-refractivity contribution in [2.45, 2.75) is 38.5 Å². The van der Waals surface area contributed by atoms with Gasteiger partial charge in [0.25, 0.3) is 0 Å². The van der Waals surface area contributed by atoms with E-state index in [9.17, 15) is 0 Å². The van der Waals surface area contributed by atoms with Crippen LogP contribution in [0, 0.1) is 0 Å². The van der Waals surface area contributed by atoms with Gasteiger partial charge in [0.15, 0.2) is 5.82 Å². The van der Waals surface area contributed by atoms with Gasteiger partial charge in [-0.15, -0.1) is 0 Å². The third-order valence-electron chi connectivity index (χ3n) is 13.6. The van der Waals surface area contributed by atoms with Crippen LogP contribution in [0.5, 0.6) is 0 Å². The summed E-state index contributed by atoms with van der Waals surface area (Å²) in [6.07, 6.45) is 0. The van der Waals surface area contributed by atoms with E-state index in [1.54, 1.807) is 0 Å². The third-order valence-corrected chi connectivity index (χ3v) is 13.6. The highest BCUT2D eigenvalue weighted by atomic mass is 15.0. The monoisotopic (exact) mass is 781 g/mol. The van der Waals surface area contributed by atoms with Crippen LogP contribution in [0.1, 0.15) is 49.9 Å². The first-order valence-electron chi connectivity index (χ1n) is 21.3. The molecule has 10 aromatic rings. The molecule has 0 aliphatic heterocycles. The highest BCUT2D eigenvalue weighted by Crippen LogP contribution is 2.51. The van der Waals surface area contributed by atoms with Crippen LogP contribution in [0.25, 0.3) is 94.8 Å². The summed E-state index contributed by atoms with van der Waals surface area (Å²) >= 11 is 0. The van der Waals surface area contributed by atoms with E-state index in [2.05, 4.69) is 220 Å². The average Bonchev–Trinajstić information content (AvgIpc) is 3.85. The van der Waals surface area contributed by atoms with Crippen molar-refractivity contribution in [2.75, 3.05) is 0 Å². The van der Waals surface area contributed by atoms with Gasteiger partial charge < -0.3 is 4.57 Å². The van der Waals surface area contributed by atoms with Gasteiger partial charge in [-0.1, -0.05) is 167 Å². The summed E-state index contributed by atoms with van der Waals surface area (Å²) in [4.78, 5) is 10.8. The highest BCUT2D eigenvalue weighted by molar-refractivity contribution is 6.09. The van der Waals surface area contributed by atoms with Gasteiger partial charge in [0, 0.05) is 44.0 Å². The Balaban J connectivity index is 0.975. The van der Waals surface area contributed by atoms with Crippen LogP contribution in [-0.4, -0.2) is 14.5 Å². The fraction of sp³-hybridized carbons (Fsp3) is 0.103. The van der Waals surface area contributed by atoms with Crippen LogP contribution >= 0.6 is 0 Å². The zero-order chi connectivity index (χ0) is 41.0. The van der Waals surface area contributed by atoms with Gasteiger partial charge >= 0.3 is 0 Å². The van der Waals surface area contributed by atoms with Crippen molar-refractivity contribution in [3.05, 3.63) is 210 Å². The van der Waals surface area contributed by atoms with Crippen LogP contribution < -0.4 is 0 Å². The van der Waals surface area contributed by atoms with E-state index >= 15 is 0 Å². The third kappa shape index (κ3) is 5.36. The molecule has 0 amide bonds. The molecule has 3 heteroatoms. The van der Waals surface area contributed by atoms with E-state index in [0.717, 1.165) is 50.7 Å². The second-order valence-corrected chi connectivity index (χ2v) is 17.8. The lowest BCUT2D eigenvalue weighted by atomic mass is 9.82. The number of benzene rings is 8. The molecule has 0 fully saturated rings. The smallest absolute Gasteiger partial charge is 0.160 e. The summed E-state index contributed by atoms with van der Waals surface area (Å²) in [6.45, 7) is 9.33. The van der Waals surface area contributed by atoms with E-state index in [0.29, 0.717) is 0 Å². The summed E-state index contributed by atoms with van der Waals surface area (Å²) < 4.78 is 2.37. The largest absolute Gasteiger partial charge is 0.309 e. The van der Waals surface area contributed by atoms with Gasteiger partial charge in [0.1, 0.15) is 0 Å². The second kappa shape index (κ2) is 13.1. The van der Waals surface area contributed by atoms with Crippen LogP contribution in [-0.2, 0) is 10.8 Å². The highest BCUT2D eigenvalue weighted by Gasteiger charge is 2.37. The van der Waals surface area contributed by atoms with Gasteiger partial charge in [-0.3, -0.25) is 0 Å². The Morgan fingerprint density at radius 2 is 0.803 bits per heavy atom.